The Morgan fingerprint density at radius 2 is 1.32 bits per heavy atom. The van der Waals surface area contributed by atoms with Crippen molar-refractivity contribution >= 4 is 19.8 Å². The fourth-order valence-electron chi connectivity index (χ4n) is 3.80. The molecule has 0 aromatic carbocycles. The van der Waals surface area contributed by atoms with E-state index < -0.39 is 32.5 Å². The van der Waals surface area contributed by atoms with Crippen LogP contribution in [0.1, 0.15) is 117 Å². The minimum atomic E-state index is -4.59. The van der Waals surface area contributed by atoms with Crippen molar-refractivity contribution in [1.29, 1.82) is 0 Å². The van der Waals surface area contributed by atoms with E-state index in [-0.39, 0.29) is 26.1 Å². The van der Waals surface area contributed by atoms with Crippen molar-refractivity contribution in [3.05, 3.63) is 12.2 Å². The van der Waals surface area contributed by atoms with Crippen LogP contribution in [0.25, 0.3) is 0 Å². The molecular weight excluding hydrogens is 533 g/mol. The van der Waals surface area contributed by atoms with Crippen LogP contribution in [-0.4, -0.2) is 70.0 Å². The molecule has 0 bridgehead atoms. The predicted octanol–water partition coefficient (Wildman–Crippen LogP) is 6.49. The highest BCUT2D eigenvalue weighted by Gasteiger charge is 2.21. The second kappa shape index (κ2) is 24.4. The van der Waals surface area contributed by atoms with Gasteiger partial charge in [0.15, 0.2) is 6.10 Å². The van der Waals surface area contributed by atoms with Crippen molar-refractivity contribution < 1.29 is 42.1 Å². The van der Waals surface area contributed by atoms with Gasteiger partial charge in [0.2, 0.25) is 0 Å². The van der Waals surface area contributed by atoms with Crippen molar-refractivity contribution in [2.24, 2.45) is 0 Å². The number of phosphoric ester groups is 1. The molecule has 0 rings (SSSR count). The minimum Gasteiger partial charge on any atom is -0.756 e. The molecule has 0 spiro atoms. The maximum Gasteiger partial charge on any atom is 0.306 e. The lowest BCUT2D eigenvalue weighted by Crippen LogP contribution is -2.37. The molecule has 0 aromatic heterocycles. The van der Waals surface area contributed by atoms with E-state index in [2.05, 4.69) is 19.1 Å². The lowest BCUT2D eigenvalue weighted by Gasteiger charge is -2.28. The molecule has 0 saturated heterocycles. The van der Waals surface area contributed by atoms with Crippen LogP contribution in [0.5, 0.6) is 0 Å². The molecule has 0 amide bonds. The number of unbranched alkanes of at least 4 members (excludes halogenated alkanes) is 11. The Labute approximate surface area is 244 Å². The molecule has 0 aromatic rings. The second-order valence-electron chi connectivity index (χ2n) is 11.5. The molecule has 0 aliphatic carbocycles. The molecular formula is C30H58NO8P. The molecule has 0 fully saturated rings. The van der Waals surface area contributed by atoms with Crippen LogP contribution < -0.4 is 4.89 Å². The smallest absolute Gasteiger partial charge is 0.306 e. The molecule has 10 heteroatoms. The first-order chi connectivity index (χ1) is 19.0. The summed E-state index contributed by atoms with van der Waals surface area (Å²) in [5, 5.41) is 0. The number of phosphoric acid groups is 1. The largest absolute Gasteiger partial charge is 0.756 e. The van der Waals surface area contributed by atoms with E-state index >= 15 is 0 Å². The third-order valence-corrected chi connectivity index (χ3v) is 7.22. The molecule has 236 valence electrons. The van der Waals surface area contributed by atoms with Crippen molar-refractivity contribution in [1.82, 2.24) is 0 Å². The summed E-state index contributed by atoms with van der Waals surface area (Å²) in [5.41, 5.74) is 0. The number of carbonyl (C=O) groups is 2. The van der Waals surface area contributed by atoms with Crippen LogP contribution in [0.15, 0.2) is 12.2 Å². The first-order valence-corrected chi connectivity index (χ1v) is 16.9. The highest BCUT2D eigenvalue weighted by Crippen LogP contribution is 2.38. The summed E-state index contributed by atoms with van der Waals surface area (Å²) in [6.07, 6.45) is 19.8. The van der Waals surface area contributed by atoms with Crippen LogP contribution >= 0.6 is 7.82 Å². The number of esters is 2. The fraction of sp³-hybridized carbons (Fsp3) is 0.867. The standard InChI is InChI=1S/C30H58NO8P/c1-6-8-9-10-11-12-13-14-15-16-17-18-19-20-21-23-30(33)39-28(26-36-29(32)22-7-2)27-38-40(34,35)37-25-24-31(3,4)5/h14-15,28H,6-13,16-27H2,1-5H3/b15-14-. The first kappa shape index (κ1) is 38.8. The number of likely N-dealkylation sites (N-methyl/N-ethyl adjacent to an activating group) is 1. The summed E-state index contributed by atoms with van der Waals surface area (Å²) >= 11 is 0. The Bertz CT molecular complexity index is 723. The molecule has 2 unspecified atom stereocenters. The molecule has 0 saturated carbocycles. The van der Waals surface area contributed by atoms with Gasteiger partial charge in [-0.05, 0) is 38.5 Å². The minimum absolute atomic E-state index is 0.0320. The summed E-state index contributed by atoms with van der Waals surface area (Å²) in [5.74, 6) is -0.908. The van der Waals surface area contributed by atoms with Gasteiger partial charge in [-0.15, -0.1) is 0 Å². The molecule has 2 atom stereocenters. The number of ether oxygens (including phenoxy) is 2. The number of hydrogen-bond acceptors (Lipinski definition) is 8. The molecule has 0 radical (unpaired) electrons. The number of allylic oxidation sites excluding steroid dienone is 2. The summed E-state index contributed by atoms with van der Waals surface area (Å²) in [6.45, 7) is 3.79. The third kappa shape index (κ3) is 26.9. The Morgan fingerprint density at radius 3 is 1.90 bits per heavy atom. The van der Waals surface area contributed by atoms with Crippen LogP contribution in [0.2, 0.25) is 0 Å². The van der Waals surface area contributed by atoms with Gasteiger partial charge >= 0.3 is 11.9 Å². The molecule has 0 N–H and O–H groups in total. The Kier molecular flexibility index (Phi) is 23.6. The quantitative estimate of drug-likeness (QED) is 0.0351. The summed E-state index contributed by atoms with van der Waals surface area (Å²) in [4.78, 5) is 36.2. The Morgan fingerprint density at radius 1 is 0.750 bits per heavy atom. The first-order valence-electron chi connectivity index (χ1n) is 15.4. The van der Waals surface area contributed by atoms with Gasteiger partial charge in [0, 0.05) is 12.8 Å². The van der Waals surface area contributed by atoms with Crippen LogP contribution in [-0.2, 0) is 32.7 Å². The number of carbonyl (C=O) groups excluding carboxylic acids is 2. The highest BCUT2D eigenvalue weighted by molar-refractivity contribution is 7.45. The number of nitrogens with zero attached hydrogens (tertiary/aromatic N) is 1. The Balaban J connectivity index is 4.22. The number of rotatable bonds is 27. The van der Waals surface area contributed by atoms with E-state index in [0.29, 0.717) is 23.9 Å². The number of hydrogen-bond donors (Lipinski definition) is 0. The van der Waals surface area contributed by atoms with E-state index in [1.54, 1.807) is 0 Å². The summed E-state index contributed by atoms with van der Waals surface area (Å²) < 4.78 is 33.0. The van der Waals surface area contributed by atoms with Crippen molar-refractivity contribution in [2.45, 2.75) is 123 Å². The van der Waals surface area contributed by atoms with Gasteiger partial charge in [-0.25, -0.2) is 0 Å². The maximum absolute atomic E-state index is 12.4. The zero-order valence-electron chi connectivity index (χ0n) is 26.0. The monoisotopic (exact) mass is 591 g/mol. The molecule has 0 heterocycles. The molecule has 40 heavy (non-hydrogen) atoms. The lowest BCUT2D eigenvalue weighted by atomic mass is 10.1. The zero-order chi connectivity index (χ0) is 30.1. The molecule has 0 aliphatic rings. The van der Waals surface area contributed by atoms with Gasteiger partial charge in [-0.3, -0.25) is 14.2 Å². The second-order valence-corrected chi connectivity index (χ2v) is 12.9. The van der Waals surface area contributed by atoms with E-state index in [1.807, 2.05) is 28.1 Å². The molecule has 9 nitrogen and oxygen atoms in total. The zero-order valence-corrected chi connectivity index (χ0v) is 26.9. The fourth-order valence-corrected chi connectivity index (χ4v) is 4.53. The highest BCUT2D eigenvalue weighted by atomic mass is 31.2. The van der Waals surface area contributed by atoms with Crippen LogP contribution in [0, 0.1) is 0 Å². The van der Waals surface area contributed by atoms with Crippen LogP contribution in [0.3, 0.4) is 0 Å². The van der Waals surface area contributed by atoms with E-state index in [1.165, 1.54) is 44.9 Å². The Hall–Kier alpha value is -1.25. The van der Waals surface area contributed by atoms with Gasteiger partial charge in [0.05, 0.1) is 27.7 Å². The van der Waals surface area contributed by atoms with Gasteiger partial charge in [-0.2, -0.15) is 0 Å². The van der Waals surface area contributed by atoms with Gasteiger partial charge in [0.25, 0.3) is 7.82 Å². The molecule has 0 aliphatic heterocycles. The van der Waals surface area contributed by atoms with E-state index in [4.69, 9.17) is 18.5 Å². The maximum atomic E-state index is 12.4. The summed E-state index contributed by atoms with van der Waals surface area (Å²) in [6, 6.07) is 0. The van der Waals surface area contributed by atoms with E-state index in [9.17, 15) is 19.0 Å². The van der Waals surface area contributed by atoms with Gasteiger partial charge < -0.3 is 27.9 Å². The predicted molar refractivity (Wildman–Crippen MR) is 158 cm³/mol. The summed E-state index contributed by atoms with van der Waals surface area (Å²) in [7, 11) is 1.15. The average Bonchev–Trinajstić information content (AvgIpc) is 2.87. The average molecular weight is 592 g/mol. The SMILES string of the molecule is CCCCCCCC/C=C\CCCCCCCC(=O)OC(COC(=O)CCC)COP(=O)([O-])OCC[N+](C)(C)C. The normalized spacial score (nSPS) is 14.2. The number of quaternary nitrogens is 1. The van der Waals surface area contributed by atoms with Crippen molar-refractivity contribution in [3.8, 4) is 0 Å². The third-order valence-electron chi connectivity index (χ3n) is 6.26. The lowest BCUT2D eigenvalue weighted by molar-refractivity contribution is -0.870. The van der Waals surface area contributed by atoms with Crippen LogP contribution in [0.4, 0.5) is 0 Å². The van der Waals surface area contributed by atoms with Gasteiger partial charge in [0.1, 0.15) is 19.8 Å². The van der Waals surface area contributed by atoms with Gasteiger partial charge in [-0.1, -0.05) is 77.4 Å². The topological polar surface area (TPSA) is 111 Å². The van der Waals surface area contributed by atoms with Crippen molar-refractivity contribution in [2.75, 3.05) is 47.5 Å². The van der Waals surface area contributed by atoms with Crippen molar-refractivity contribution in [3.63, 3.8) is 0 Å². The van der Waals surface area contributed by atoms with E-state index in [0.717, 1.165) is 32.1 Å².